The molecule has 1 amide bonds. The molecule has 0 saturated carbocycles. The second-order valence-corrected chi connectivity index (χ2v) is 8.87. The lowest BCUT2D eigenvalue weighted by Gasteiger charge is -2.18. The van der Waals surface area contributed by atoms with E-state index in [2.05, 4.69) is 10.0 Å². The Bertz CT molecular complexity index is 919. The van der Waals surface area contributed by atoms with Crippen LogP contribution in [0.25, 0.3) is 0 Å². The lowest BCUT2D eigenvalue weighted by Crippen LogP contribution is -2.46. The van der Waals surface area contributed by atoms with Gasteiger partial charge >= 0.3 is 0 Å². The molecule has 3 rings (SSSR count). The number of benzene rings is 2. The predicted octanol–water partition coefficient (Wildman–Crippen LogP) is 2.13. The van der Waals surface area contributed by atoms with Crippen LogP contribution in [0.2, 0.25) is 0 Å². The Kier molecular flexibility index (Phi) is 6.82. The minimum atomic E-state index is -3.78. The summed E-state index contributed by atoms with van der Waals surface area (Å²) in [5, 5.41) is 2.80. The van der Waals surface area contributed by atoms with E-state index in [9.17, 15) is 13.2 Å². The van der Waals surface area contributed by atoms with Crippen LogP contribution in [0.5, 0.6) is 11.5 Å². The molecule has 9 heteroatoms. The number of carbonyl (C=O) groups excluding carboxylic acids is 1. The van der Waals surface area contributed by atoms with Crippen LogP contribution in [0, 0.1) is 0 Å². The van der Waals surface area contributed by atoms with Crippen LogP contribution in [0.15, 0.2) is 53.4 Å². The fraction of sp³-hybridized carbons (Fsp3) is 0.316. The van der Waals surface area contributed by atoms with Crippen molar-refractivity contribution < 1.29 is 22.7 Å². The summed E-state index contributed by atoms with van der Waals surface area (Å²) in [6.07, 6.45) is 2.30. The molecule has 0 radical (unpaired) electrons. The van der Waals surface area contributed by atoms with Crippen LogP contribution < -0.4 is 19.5 Å². The fourth-order valence-electron chi connectivity index (χ4n) is 2.70. The molecule has 2 aromatic rings. The molecule has 7 nitrogen and oxygen atoms in total. The Hall–Kier alpha value is -2.23. The minimum absolute atomic E-state index is 0.132. The number of ether oxygens (including phenoxy) is 2. The lowest BCUT2D eigenvalue weighted by atomic mass is 10.2. The highest BCUT2D eigenvalue weighted by Gasteiger charge is 2.25. The van der Waals surface area contributed by atoms with Crippen LogP contribution in [-0.4, -0.2) is 39.2 Å². The van der Waals surface area contributed by atoms with Crippen molar-refractivity contribution in [3.63, 3.8) is 0 Å². The van der Waals surface area contributed by atoms with Gasteiger partial charge in [-0.3, -0.25) is 4.79 Å². The molecule has 0 saturated heterocycles. The number of carbonyl (C=O) groups is 1. The van der Waals surface area contributed by atoms with Crippen molar-refractivity contribution in [3.8, 4) is 11.5 Å². The zero-order valence-corrected chi connectivity index (χ0v) is 17.0. The maximum absolute atomic E-state index is 12.7. The van der Waals surface area contributed by atoms with Gasteiger partial charge in [0.25, 0.3) is 0 Å². The molecule has 0 aliphatic carbocycles. The Morgan fingerprint density at radius 1 is 1.14 bits per heavy atom. The maximum Gasteiger partial charge on any atom is 0.241 e. The van der Waals surface area contributed by atoms with Crippen LogP contribution in [0.4, 0.5) is 0 Å². The predicted molar refractivity (Wildman–Crippen MR) is 108 cm³/mol. The summed E-state index contributed by atoms with van der Waals surface area (Å²) in [5.74, 6) is 1.59. The van der Waals surface area contributed by atoms with Crippen LogP contribution in [-0.2, 0) is 21.4 Å². The van der Waals surface area contributed by atoms with E-state index in [-0.39, 0.29) is 24.1 Å². The number of sulfonamides is 1. The molecule has 1 atom stereocenters. The first kappa shape index (κ1) is 20.5. The molecule has 150 valence electrons. The van der Waals surface area contributed by atoms with Crippen molar-refractivity contribution in [2.75, 3.05) is 18.8 Å². The Labute approximate surface area is 168 Å². The lowest BCUT2D eigenvalue weighted by molar-refractivity contribution is -0.122. The van der Waals surface area contributed by atoms with Crippen molar-refractivity contribution in [3.05, 3.63) is 54.1 Å². The number of nitrogens with one attached hydrogen (secondary N) is 2. The number of rotatable bonds is 9. The highest BCUT2D eigenvalue weighted by atomic mass is 32.2. The summed E-state index contributed by atoms with van der Waals surface area (Å²) >= 11 is 1.55. The van der Waals surface area contributed by atoms with Crippen LogP contribution in [0.1, 0.15) is 12.0 Å². The molecule has 0 spiro atoms. The molecule has 2 N–H and O–H groups in total. The first-order valence-corrected chi connectivity index (χ1v) is 11.6. The highest BCUT2D eigenvalue weighted by Crippen LogP contribution is 2.32. The Morgan fingerprint density at radius 3 is 2.64 bits per heavy atom. The van der Waals surface area contributed by atoms with Gasteiger partial charge in [0.05, 0.1) is 4.90 Å². The summed E-state index contributed by atoms with van der Waals surface area (Å²) in [6.45, 7) is 0.446. The third kappa shape index (κ3) is 5.18. The number of amides is 1. The van der Waals surface area contributed by atoms with Gasteiger partial charge in [-0.1, -0.05) is 24.3 Å². The zero-order valence-electron chi connectivity index (χ0n) is 15.4. The first-order valence-electron chi connectivity index (χ1n) is 8.72. The first-order chi connectivity index (χ1) is 13.5. The third-order valence-corrected chi connectivity index (χ3v) is 6.31. The average molecular weight is 423 g/mol. The summed E-state index contributed by atoms with van der Waals surface area (Å²) in [7, 11) is -3.78. The summed E-state index contributed by atoms with van der Waals surface area (Å²) < 4.78 is 38.3. The van der Waals surface area contributed by atoms with Gasteiger partial charge in [-0.05, 0) is 48.3 Å². The van der Waals surface area contributed by atoms with E-state index in [1.54, 1.807) is 42.1 Å². The Balaban J connectivity index is 1.66. The summed E-state index contributed by atoms with van der Waals surface area (Å²) in [5.41, 5.74) is 0.840. The van der Waals surface area contributed by atoms with E-state index in [4.69, 9.17) is 9.47 Å². The highest BCUT2D eigenvalue weighted by molar-refractivity contribution is 7.98. The normalized spacial score (nSPS) is 13.9. The van der Waals surface area contributed by atoms with Crippen molar-refractivity contribution in [1.29, 1.82) is 0 Å². The SMILES string of the molecule is CSCC[C@@H](NS(=O)(=O)c1ccccc1)C(=O)NCc1ccc2c(c1)OCO2. The topological polar surface area (TPSA) is 93.7 Å². The second-order valence-electron chi connectivity index (χ2n) is 6.17. The molecule has 1 aliphatic heterocycles. The largest absolute Gasteiger partial charge is 0.454 e. The molecular formula is C19H22N2O5S2. The molecule has 28 heavy (non-hydrogen) atoms. The van der Waals surface area contributed by atoms with Crippen molar-refractivity contribution in [2.24, 2.45) is 0 Å². The quantitative estimate of drug-likeness (QED) is 0.643. The van der Waals surface area contributed by atoms with Crippen molar-refractivity contribution in [1.82, 2.24) is 10.0 Å². The van der Waals surface area contributed by atoms with E-state index in [1.807, 2.05) is 12.3 Å². The summed E-state index contributed by atoms with van der Waals surface area (Å²) in [6, 6.07) is 12.6. The monoisotopic (exact) mass is 422 g/mol. The standard InChI is InChI=1S/C19H22N2O5S2/c1-27-10-9-16(21-28(23,24)15-5-3-2-4-6-15)19(22)20-12-14-7-8-17-18(11-14)26-13-25-17/h2-8,11,16,21H,9-10,12-13H2,1H3,(H,20,22)/t16-/m1/s1. The number of hydrogen-bond donors (Lipinski definition) is 2. The number of hydrogen-bond acceptors (Lipinski definition) is 6. The van der Waals surface area contributed by atoms with E-state index in [0.29, 0.717) is 23.7 Å². The second kappa shape index (κ2) is 9.31. The minimum Gasteiger partial charge on any atom is -0.454 e. The van der Waals surface area contributed by atoms with Gasteiger partial charge in [0.15, 0.2) is 11.5 Å². The molecule has 2 aromatic carbocycles. The zero-order chi connectivity index (χ0) is 20.0. The fourth-order valence-corrected chi connectivity index (χ4v) is 4.42. The number of fused-ring (bicyclic) bond motifs is 1. The third-order valence-electron chi connectivity index (χ3n) is 4.18. The molecule has 0 unspecified atom stereocenters. The molecule has 1 aliphatic rings. The van der Waals surface area contributed by atoms with Crippen molar-refractivity contribution in [2.45, 2.75) is 23.9 Å². The average Bonchev–Trinajstić information content (AvgIpc) is 3.17. The van der Waals surface area contributed by atoms with Gasteiger partial charge in [-0.25, -0.2) is 8.42 Å². The molecular weight excluding hydrogens is 400 g/mol. The molecule has 0 fully saturated rings. The number of thioether (sulfide) groups is 1. The van der Waals surface area contributed by atoms with E-state index in [1.165, 1.54) is 12.1 Å². The van der Waals surface area contributed by atoms with Crippen LogP contribution >= 0.6 is 11.8 Å². The molecule has 1 heterocycles. The smallest absolute Gasteiger partial charge is 0.241 e. The molecule has 0 bridgehead atoms. The van der Waals surface area contributed by atoms with Gasteiger partial charge in [0.2, 0.25) is 22.7 Å². The van der Waals surface area contributed by atoms with Gasteiger partial charge in [0.1, 0.15) is 6.04 Å². The van der Waals surface area contributed by atoms with Gasteiger partial charge in [-0.15, -0.1) is 0 Å². The molecule has 0 aromatic heterocycles. The van der Waals surface area contributed by atoms with E-state index >= 15 is 0 Å². The van der Waals surface area contributed by atoms with Gasteiger partial charge < -0.3 is 14.8 Å². The maximum atomic E-state index is 12.7. The van der Waals surface area contributed by atoms with E-state index in [0.717, 1.165) is 5.56 Å². The van der Waals surface area contributed by atoms with Gasteiger partial charge in [0, 0.05) is 6.54 Å². The van der Waals surface area contributed by atoms with Gasteiger partial charge in [-0.2, -0.15) is 16.5 Å². The van der Waals surface area contributed by atoms with Crippen molar-refractivity contribution >= 4 is 27.7 Å². The summed E-state index contributed by atoms with van der Waals surface area (Å²) in [4.78, 5) is 12.8. The van der Waals surface area contributed by atoms with E-state index < -0.39 is 16.1 Å². The Morgan fingerprint density at radius 2 is 1.89 bits per heavy atom. The van der Waals surface area contributed by atoms with Crippen LogP contribution in [0.3, 0.4) is 0 Å².